The number of phenolic OH excluding ortho intramolecular Hbond substituents is 1. The lowest BCUT2D eigenvalue weighted by molar-refractivity contribution is -0.137. The fourth-order valence-electron chi connectivity index (χ4n) is 1.48. The number of aromatic hydroxyl groups is 1. The minimum Gasteiger partial charge on any atom is -0.508 e. The number of carboxylic acid groups (broad SMARTS) is 1. The first-order valence-electron chi connectivity index (χ1n) is 5.61. The lowest BCUT2D eigenvalue weighted by Crippen LogP contribution is -2.49. The highest BCUT2D eigenvalue weighted by atomic mass is 16.5. The molecule has 0 unspecified atom stereocenters. The third-order valence-electron chi connectivity index (χ3n) is 2.60. The van der Waals surface area contributed by atoms with Crippen molar-refractivity contribution in [3.63, 3.8) is 0 Å². The molecule has 0 fully saturated rings. The minimum atomic E-state index is -1.01. The minimum absolute atomic E-state index is 0.123. The molecule has 0 spiro atoms. The number of rotatable bonds is 5. The molecule has 5 nitrogen and oxygen atoms in total. The van der Waals surface area contributed by atoms with Crippen molar-refractivity contribution in [1.82, 2.24) is 0 Å². The van der Waals surface area contributed by atoms with Crippen molar-refractivity contribution >= 4 is 65.2 Å². The van der Waals surface area contributed by atoms with Crippen LogP contribution in [0.1, 0.15) is 23.2 Å². The SMILES string of the molecule is [B]c1c([B])c([B])c(C(=O)OCCCC(=O)O)c(O)c1[B]. The van der Waals surface area contributed by atoms with Crippen LogP contribution in [0, 0.1) is 0 Å². The van der Waals surface area contributed by atoms with E-state index in [4.69, 9.17) is 41.2 Å². The monoisotopic (exact) mass is 264 g/mol. The summed E-state index contributed by atoms with van der Waals surface area (Å²) in [7, 11) is 22.1. The summed E-state index contributed by atoms with van der Waals surface area (Å²) in [6, 6.07) is 0. The third-order valence-corrected chi connectivity index (χ3v) is 2.60. The fraction of sp³-hybridized carbons (Fsp3) is 0.273. The second kappa shape index (κ2) is 6.59. The van der Waals surface area contributed by atoms with Gasteiger partial charge in [-0.2, -0.15) is 0 Å². The molecule has 1 aromatic rings. The standard InChI is InChI=1S/C11H8B4O5/c12-6-5(10(18)9(15)8(14)7(6)13)11(19)20-3-1-2-4(16)17/h18H,1-3H2,(H,16,17). The lowest BCUT2D eigenvalue weighted by atomic mass is 9.65. The van der Waals surface area contributed by atoms with Crippen LogP contribution < -0.4 is 21.9 Å². The van der Waals surface area contributed by atoms with E-state index in [-0.39, 0.29) is 46.9 Å². The maximum Gasteiger partial charge on any atom is 0.341 e. The van der Waals surface area contributed by atoms with E-state index in [0.29, 0.717) is 0 Å². The zero-order chi connectivity index (χ0) is 15.4. The number of hydrogen-bond acceptors (Lipinski definition) is 4. The Hall–Kier alpha value is -1.78. The lowest BCUT2D eigenvalue weighted by Gasteiger charge is -2.17. The molecule has 94 valence electrons. The number of hydrogen-bond donors (Lipinski definition) is 2. The molecule has 0 saturated heterocycles. The Morgan fingerprint density at radius 2 is 1.55 bits per heavy atom. The molecule has 0 heterocycles. The van der Waals surface area contributed by atoms with Gasteiger partial charge in [0.25, 0.3) is 0 Å². The van der Waals surface area contributed by atoms with E-state index in [1.54, 1.807) is 0 Å². The quantitative estimate of drug-likeness (QED) is 0.328. The van der Waals surface area contributed by atoms with E-state index in [9.17, 15) is 14.7 Å². The molecule has 0 aliphatic carbocycles. The normalized spacial score (nSPS) is 10.2. The molecule has 0 saturated carbocycles. The Morgan fingerprint density at radius 1 is 1.00 bits per heavy atom. The van der Waals surface area contributed by atoms with Crippen molar-refractivity contribution in [3.8, 4) is 5.75 Å². The molecule has 0 aliphatic rings. The first-order valence-corrected chi connectivity index (χ1v) is 5.61. The molecular formula is C11H8B4O5. The average Bonchev–Trinajstić information content (AvgIpc) is 2.39. The van der Waals surface area contributed by atoms with Crippen molar-refractivity contribution in [2.24, 2.45) is 0 Å². The van der Waals surface area contributed by atoms with Crippen molar-refractivity contribution in [3.05, 3.63) is 5.56 Å². The summed E-state index contributed by atoms with van der Waals surface area (Å²) in [6.07, 6.45) is -0.0254. The van der Waals surface area contributed by atoms with E-state index in [0.717, 1.165) is 0 Å². The van der Waals surface area contributed by atoms with Gasteiger partial charge in [0.15, 0.2) is 0 Å². The first kappa shape index (κ1) is 16.3. The van der Waals surface area contributed by atoms with Gasteiger partial charge in [0.2, 0.25) is 0 Å². The maximum atomic E-state index is 11.8. The summed E-state index contributed by atoms with van der Waals surface area (Å²) in [4.78, 5) is 22.1. The van der Waals surface area contributed by atoms with E-state index in [1.807, 2.05) is 0 Å². The maximum absolute atomic E-state index is 11.8. The Bertz CT molecular complexity index is 529. The zero-order valence-electron chi connectivity index (χ0n) is 10.5. The van der Waals surface area contributed by atoms with Gasteiger partial charge in [-0.25, -0.2) is 4.79 Å². The Morgan fingerprint density at radius 3 is 2.10 bits per heavy atom. The zero-order valence-corrected chi connectivity index (χ0v) is 10.5. The molecule has 0 atom stereocenters. The molecule has 0 bridgehead atoms. The molecule has 8 radical (unpaired) electrons. The Balaban J connectivity index is 2.91. The predicted octanol–water partition coefficient (Wildman–Crippen LogP) is -3.41. The van der Waals surface area contributed by atoms with Crippen molar-refractivity contribution in [1.29, 1.82) is 0 Å². The van der Waals surface area contributed by atoms with Gasteiger partial charge in [-0.05, 0) is 6.42 Å². The van der Waals surface area contributed by atoms with Gasteiger partial charge in [-0.3, -0.25) is 4.79 Å². The van der Waals surface area contributed by atoms with Crippen LogP contribution in [-0.4, -0.2) is 60.1 Å². The number of carbonyl (C=O) groups is 2. The van der Waals surface area contributed by atoms with E-state index >= 15 is 0 Å². The fourth-order valence-corrected chi connectivity index (χ4v) is 1.48. The van der Waals surface area contributed by atoms with Gasteiger partial charge in [0.1, 0.15) is 37.1 Å². The van der Waals surface area contributed by atoms with Crippen LogP contribution >= 0.6 is 0 Å². The summed E-state index contributed by atoms with van der Waals surface area (Å²) in [6.45, 7) is -0.145. The van der Waals surface area contributed by atoms with Crippen LogP contribution in [0.5, 0.6) is 5.75 Å². The van der Waals surface area contributed by atoms with Crippen LogP contribution in [0.3, 0.4) is 0 Å². The van der Waals surface area contributed by atoms with Crippen LogP contribution in [0.25, 0.3) is 0 Å². The van der Waals surface area contributed by atoms with Gasteiger partial charge in [-0.15, -0.1) is 10.9 Å². The summed E-state index contributed by atoms with van der Waals surface area (Å²) in [5.41, 5.74) is -1.14. The van der Waals surface area contributed by atoms with Crippen molar-refractivity contribution in [2.45, 2.75) is 12.8 Å². The van der Waals surface area contributed by atoms with Gasteiger partial charge in [0, 0.05) is 6.42 Å². The molecule has 2 N–H and O–H groups in total. The van der Waals surface area contributed by atoms with E-state index in [2.05, 4.69) is 0 Å². The number of esters is 1. The molecule has 0 aromatic heterocycles. The summed E-state index contributed by atoms with van der Waals surface area (Å²) in [5.74, 6) is -2.58. The highest BCUT2D eigenvalue weighted by Crippen LogP contribution is 2.10. The van der Waals surface area contributed by atoms with Crippen LogP contribution in [0.4, 0.5) is 0 Å². The highest BCUT2D eigenvalue weighted by Gasteiger charge is 2.20. The topological polar surface area (TPSA) is 83.8 Å². The molecule has 9 heteroatoms. The molecule has 20 heavy (non-hydrogen) atoms. The van der Waals surface area contributed by atoms with Crippen molar-refractivity contribution in [2.75, 3.05) is 6.61 Å². The van der Waals surface area contributed by atoms with E-state index in [1.165, 1.54) is 0 Å². The Kier molecular flexibility index (Phi) is 5.36. The smallest absolute Gasteiger partial charge is 0.341 e. The van der Waals surface area contributed by atoms with Crippen LogP contribution in [0.15, 0.2) is 0 Å². The summed E-state index contributed by atoms with van der Waals surface area (Å²) in [5, 5.41) is 18.2. The number of carbonyl (C=O) groups excluding carboxylic acids is 1. The number of aliphatic carboxylic acids is 1. The molecular weight excluding hydrogens is 255 g/mol. The van der Waals surface area contributed by atoms with Gasteiger partial charge in [-0.1, -0.05) is 10.9 Å². The molecule has 0 amide bonds. The molecule has 1 aromatic carbocycles. The second-order valence-electron chi connectivity index (χ2n) is 4.01. The average molecular weight is 263 g/mol. The second-order valence-corrected chi connectivity index (χ2v) is 4.01. The summed E-state index contributed by atoms with van der Waals surface area (Å²) >= 11 is 0. The van der Waals surface area contributed by atoms with Crippen molar-refractivity contribution < 1.29 is 24.5 Å². The highest BCUT2D eigenvalue weighted by molar-refractivity contribution is 6.64. The first-order chi connectivity index (χ1) is 9.27. The molecule has 0 aliphatic heterocycles. The largest absolute Gasteiger partial charge is 0.508 e. The Labute approximate surface area is 121 Å². The third kappa shape index (κ3) is 3.40. The van der Waals surface area contributed by atoms with Crippen LogP contribution in [-0.2, 0) is 9.53 Å². The van der Waals surface area contributed by atoms with Gasteiger partial charge >= 0.3 is 11.9 Å². The van der Waals surface area contributed by atoms with Crippen LogP contribution in [0.2, 0.25) is 0 Å². The van der Waals surface area contributed by atoms with Gasteiger partial charge in [0.05, 0.1) is 12.2 Å². The van der Waals surface area contributed by atoms with Gasteiger partial charge < -0.3 is 14.9 Å². The molecule has 1 rings (SSSR count). The number of carboxylic acids is 1. The number of phenols is 1. The summed E-state index contributed by atoms with van der Waals surface area (Å²) < 4.78 is 4.80. The predicted molar refractivity (Wildman–Crippen MR) is 76.8 cm³/mol. The number of benzene rings is 1. The van der Waals surface area contributed by atoms with E-state index < -0.39 is 17.7 Å². The number of ether oxygens (including phenoxy) is 1.